The zero-order valence-corrected chi connectivity index (χ0v) is 16.1. The number of carbonyl (C=O) groups excluding carboxylic acids is 1. The number of fused-ring (bicyclic) bond motifs is 1. The van der Waals surface area contributed by atoms with E-state index in [2.05, 4.69) is 48.3 Å². The minimum Gasteiger partial charge on any atom is -0.336 e. The molecule has 140 valence electrons. The van der Waals surface area contributed by atoms with Gasteiger partial charge in [0.1, 0.15) is 0 Å². The van der Waals surface area contributed by atoms with E-state index in [1.165, 1.54) is 5.56 Å². The summed E-state index contributed by atoms with van der Waals surface area (Å²) in [5.41, 5.74) is 3.98. The number of pyridine rings is 1. The average Bonchev–Trinajstić information content (AvgIpc) is 3.28. The van der Waals surface area contributed by atoms with Crippen molar-refractivity contribution in [3.05, 3.63) is 58.9 Å². The molecule has 1 unspecified atom stereocenters. The van der Waals surface area contributed by atoms with Crippen molar-refractivity contribution in [1.29, 1.82) is 0 Å². The number of aromatic nitrogens is 2. The molecule has 4 rings (SSSR count). The van der Waals surface area contributed by atoms with E-state index in [4.69, 9.17) is 4.52 Å². The van der Waals surface area contributed by atoms with Gasteiger partial charge in [-0.25, -0.2) is 4.98 Å². The van der Waals surface area contributed by atoms with E-state index in [1.54, 1.807) is 0 Å². The molecule has 0 aliphatic carbocycles. The van der Waals surface area contributed by atoms with Crippen LogP contribution >= 0.6 is 0 Å². The second-order valence-corrected chi connectivity index (χ2v) is 7.68. The minimum atomic E-state index is 0.0639. The van der Waals surface area contributed by atoms with E-state index in [9.17, 15) is 4.79 Å². The fraction of sp³-hybridized carbons (Fsp3) is 0.409. The van der Waals surface area contributed by atoms with E-state index in [0.717, 1.165) is 42.6 Å². The molecule has 1 aromatic carbocycles. The molecular formula is C22H25N3O2. The molecule has 1 amide bonds. The summed E-state index contributed by atoms with van der Waals surface area (Å²) >= 11 is 0. The Morgan fingerprint density at radius 3 is 2.81 bits per heavy atom. The molecule has 3 aromatic rings. The van der Waals surface area contributed by atoms with Crippen LogP contribution in [0.2, 0.25) is 0 Å². The number of hydrogen-bond acceptors (Lipinski definition) is 4. The van der Waals surface area contributed by atoms with Gasteiger partial charge in [-0.05, 0) is 43.7 Å². The van der Waals surface area contributed by atoms with Crippen LogP contribution in [0.1, 0.15) is 59.9 Å². The molecule has 1 aliphatic rings. The number of rotatable bonds is 4. The molecule has 5 heteroatoms. The summed E-state index contributed by atoms with van der Waals surface area (Å²) in [5.74, 6) is 0.277. The predicted molar refractivity (Wildman–Crippen MR) is 105 cm³/mol. The standard InChI is InChI=1S/C22H25N3O2/c1-14(2)19-13-18(20-15(3)24-27-21(20)23-19)22(26)25-11-7-10-17(25)12-16-8-5-4-6-9-16/h4-6,8-9,13-14,17H,7,10-12H2,1-3H3. The van der Waals surface area contributed by atoms with Gasteiger partial charge in [0.2, 0.25) is 0 Å². The summed E-state index contributed by atoms with van der Waals surface area (Å²) < 4.78 is 5.38. The van der Waals surface area contributed by atoms with Crippen LogP contribution in [0.5, 0.6) is 0 Å². The zero-order valence-electron chi connectivity index (χ0n) is 16.1. The molecule has 1 aliphatic heterocycles. The lowest BCUT2D eigenvalue weighted by atomic mass is 10.0. The number of likely N-dealkylation sites (tertiary alicyclic amines) is 1. The molecule has 0 radical (unpaired) electrons. The van der Waals surface area contributed by atoms with Crippen LogP contribution in [0.25, 0.3) is 11.1 Å². The Balaban J connectivity index is 1.70. The number of benzene rings is 1. The molecule has 0 bridgehead atoms. The van der Waals surface area contributed by atoms with Crippen LogP contribution < -0.4 is 0 Å². The molecule has 0 spiro atoms. The third-order valence-corrected chi connectivity index (χ3v) is 5.41. The van der Waals surface area contributed by atoms with E-state index >= 15 is 0 Å². The van der Waals surface area contributed by atoms with Crippen LogP contribution in [-0.4, -0.2) is 33.5 Å². The van der Waals surface area contributed by atoms with Gasteiger partial charge in [-0.2, -0.15) is 0 Å². The molecule has 0 N–H and O–H groups in total. The summed E-state index contributed by atoms with van der Waals surface area (Å²) in [6.45, 7) is 6.80. The molecule has 1 atom stereocenters. The third kappa shape index (κ3) is 3.34. The fourth-order valence-corrected chi connectivity index (χ4v) is 3.93. The Labute approximate surface area is 159 Å². The lowest BCUT2D eigenvalue weighted by Gasteiger charge is -2.25. The Kier molecular flexibility index (Phi) is 4.68. The first-order chi connectivity index (χ1) is 13.0. The number of aryl methyl sites for hydroxylation is 1. The van der Waals surface area contributed by atoms with Crippen molar-refractivity contribution >= 4 is 17.0 Å². The van der Waals surface area contributed by atoms with Crippen LogP contribution in [0.3, 0.4) is 0 Å². The van der Waals surface area contributed by atoms with Gasteiger partial charge in [-0.15, -0.1) is 0 Å². The van der Waals surface area contributed by atoms with Crippen molar-refractivity contribution in [2.24, 2.45) is 0 Å². The van der Waals surface area contributed by atoms with E-state index < -0.39 is 0 Å². The average molecular weight is 363 g/mol. The van der Waals surface area contributed by atoms with Gasteiger partial charge in [0.25, 0.3) is 11.6 Å². The molecule has 1 fully saturated rings. The van der Waals surface area contributed by atoms with Gasteiger partial charge in [-0.1, -0.05) is 49.3 Å². The third-order valence-electron chi connectivity index (χ3n) is 5.41. The fourth-order valence-electron chi connectivity index (χ4n) is 3.93. The molecule has 0 saturated carbocycles. The lowest BCUT2D eigenvalue weighted by molar-refractivity contribution is 0.0738. The minimum absolute atomic E-state index is 0.0639. The highest BCUT2D eigenvalue weighted by Gasteiger charge is 2.32. The van der Waals surface area contributed by atoms with Crippen molar-refractivity contribution in [2.75, 3.05) is 6.54 Å². The zero-order chi connectivity index (χ0) is 19.0. The van der Waals surface area contributed by atoms with Crippen LogP contribution in [-0.2, 0) is 6.42 Å². The Bertz CT molecular complexity index is 962. The van der Waals surface area contributed by atoms with Gasteiger partial charge < -0.3 is 9.42 Å². The van der Waals surface area contributed by atoms with Crippen LogP contribution in [0.15, 0.2) is 40.9 Å². The topological polar surface area (TPSA) is 59.2 Å². The first kappa shape index (κ1) is 17.7. The summed E-state index contributed by atoms with van der Waals surface area (Å²) in [6, 6.07) is 12.6. The van der Waals surface area contributed by atoms with Gasteiger partial charge in [-0.3, -0.25) is 4.79 Å². The van der Waals surface area contributed by atoms with E-state index in [1.807, 2.05) is 24.0 Å². The maximum atomic E-state index is 13.5. The summed E-state index contributed by atoms with van der Waals surface area (Å²) in [5, 5.41) is 4.79. The molecule has 3 heterocycles. The van der Waals surface area contributed by atoms with Crippen molar-refractivity contribution in [1.82, 2.24) is 15.0 Å². The Morgan fingerprint density at radius 2 is 2.07 bits per heavy atom. The van der Waals surface area contributed by atoms with E-state index in [0.29, 0.717) is 11.3 Å². The number of nitrogens with zero attached hydrogens (tertiary/aromatic N) is 3. The Morgan fingerprint density at radius 1 is 1.30 bits per heavy atom. The number of hydrogen-bond donors (Lipinski definition) is 0. The summed E-state index contributed by atoms with van der Waals surface area (Å²) in [6.07, 6.45) is 2.96. The molecular weight excluding hydrogens is 338 g/mol. The van der Waals surface area contributed by atoms with Crippen LogP contribution in [0, 0.1) is 6.92 Å². The highest BCUT2D eigenvalue weighted by Crippen LogP contribution is 2.29. The molecule has 27 heavy (non-hydrogen) atoms. The smallest absolute Gasteiger partial charge is 0.259 e. The van der Waals surface area contributed by atoms with Gasteiger partial charge in [0.15, 0.2) is 0 Å². The number of carbonyl (C=O) groups is 1. The van der Waals surface area contributed by atoms with Gasteiger partial charge in [0, 0.05) is 18.3 Å². The second kappa shape index (κ2) is 7.14. The summed E-state index contributed by atoms with van der Waals surface area (Å²) in [7, 11) is 0. The quantitative estimate of drug-likeness (QED) is 0.685. The van der Waals surface area contributed by atoms with Crippen LogP contribution in [0.4, 0.5) is 0 Å². The summed E-state index contributed by atoms with van der Waals surface area (Å²) in [4.78, 5) is 20.1. The maximum Gasteiger partial charge on any atom is 0.259 e. The largest absolute Gasteiger partial charge is 0.336 e. The predicted octanol–water partition coefficient (Wildman–Crippen LogP) is 4.50. The van der Waals surface area contributed by atoms with Crippen molar-refractivity contribution < 1.29 is 9.32 Å². The molecule has 5 nitrogen and oxygen atoms in total. The van der Waals surface area contributed by atoms with Gasteiger partial charge >= 0.3 is 0 Å². The second-order valence-electron chi connectivity index (χ2n) is 7.68. The monoisotopic (exact) mass is 363 g/mol. The normalized spacial score (nSPS) is 17.2. The van der Waals surface area contributed by atoms with Crippen molar-refractivity contribution in [3.8, 4) is 0 Å². The van der Waals surface area contributed by atoms with Gasteiger partial charge in [0.05, 0.1) is 16.6 Å². The maximum absolute atomic E-state index is 13.5. The highest BCUT2D eigenvalue weighted by molar-refractivity contribution is 6.06. The molecule has 2 aromatic heterocycles. The highest BCUT2D eigenvalue weighted by atomic mass is 16.5. The molecule has 1 saturated heterocycles. The Hall–Kier alpha value is -2.69. The first-order valence-electron chi connectivity index (χ1n) is 9.66. The first-order valence-corrected chi connectivity index (χ1v) is 9.66. The lowest BCUT2D eigenvalue weighted by Crippen LogP contribution is -2.37. The van der Waals surface area contributed by atoms with E-state index in [-0.39, 0.29) is 17.9 Å². The number of amides is 1. The van der Waals surface area contributed by atoms with Crippen molar-refractivity contribution in [2.45, 2.75) is 52.0 Å². The van der Waals surface area contributed by atoms with Crippen molar-refractivity contribution in [3.63, 3.8) is 0 Å². The SMILES string of the molecule is Cc1noc2nc(C(C)C)cc(C(=O)N3CCCC3Cc3ccccc3)c12.